The maximum atomic E-state index is 13.6. The molecule has 7 nitrogen and oxygen atoms in total. The van der Waals surface area contributed by atoms with Crippen LogP contribution in [0.2, 0.25) is 5.02 Å². The van der Waals surface area contributed by atoms with Gasteiger partial charge in [0, 0.05) is 24.7 Å². The number of hydrogen-bond acceptors (Lipinski definition) is 5. The molecule has 2 saturated heterocycles. The number of benzene rings is 1. The quantitative estimate of drug-likeness (QED) is 0.629. The van der Waals surface area contributed by atoms with Gasteiger partial charge in [-0.25, -0.2) is 8.42 Å². The number of carbonyl (C=O) groups excluding carboxylic acids is 1. The molecule has 3 heterocycles. The van der Waals surface area contributed by atoms with Crippen molar-refractivity contribution in [2.24, 2.45) is 0 Å². The van der Waals surface area contributed by atoms with Gasteiger partial charge in [-0.3, -0.25) is 4.79 Å². The Morgan fingerprint density at radius 3 is 2.50 bits per heavy atom. The van der Waals surface area contributed by atoms with Gasteiger partial charge in [0.25, 0.3) is 5.91 Å². The molecule has 0 saturated carbocycles. The van der Waals surface area contributed by atoms with Crippen molar-refractivity contribution in [3.63, 3.8) is 0 Å². The molecule has 174 valence electrons. The van der Waals surface area contributed by atoms with Crippen molar-refractivity contribution in [2.75, 3.05) is 33.2 Å². The highest BCUT2D eigenvalue weighted by atomic mass is 35.5. The van der Waals surface area contributed by atoms with E-state index in [1.165, 1.54) is 16.4 Å². The lowest BCUT2D eigenvalue weighted by atomic mass is 10.0. The molecule has 2 aliphatic heterocycles. The molecule has 0 atom stereocenters. The summed E-state index contributed by atoms with van der Waals surface area (Å²) >= 11 is 6.31. The first-order valence-electron chi connectivity index (χ1n) is 11.2. The van der Waals surface area contributed by atoms with Gasteiger partial charge in [0.05, 0.1) is 17.8 Å². The standard InChI is InChI=1S/C23H30ClN3O4S/c1-25-13-9-19(10-14-25)27(17-20-6-5-15-31-20)23(28)18-7-8-21(24)22(16-18)32(29,30)26-11-3-2-4-12-26/h5-8,15-16,19H,2-4,9-14,17H2,1H3. The molecule has 0 bridgehead atoms. The van der Waals surface area contributed by atoms with Crippen molar-refractivity contribution in [3.05, 3.63) is 52.9 Å². The minimum atomic E-state index is -3.75. The van der Waals surface area contributed by atoms with Crippen LogP contribution in [0.1, 0.15) is 48.2 Å². The number of likely N-dealkylation sites (tertiary alicyclic amines) is 1. The maximum absolute atomic E-state index is 13.6. The Morgan fingerprint density at radius 1 is 1.12 bits per heavy atom. The first kappa shape index (κ1) is 23.3. The lowest BCUT2D eigenvalue weighted by molar-refractivity contribution is 0.0550. The normalized spacial score (nSPS) is 19.2. The van der Waals surface area contributed by atoms with Crippen LogP contribution >= 0.6 is 11.6 Å². The SMILES string of the molecule is CN1CCC(N(Cc2ccco2)C(=O)c2ccc(Cl)c(S(=O)(=O)N3CCCCC3)c2)CC1. The Bertz CT molecular complexity index is 1030. The van der Waals surface area contributed by atoms with Gasteiger partial charge in [0.15, 0.2) is 0 Å². The second-order valence-corrected chi connectivity index (χ2v) is 11.0. The summed E-state index contributed by atoms with van der Waals surface area (Å²) in [5.41, 5.74) is 0.329. The van der Waals surface area contributed by atoms with E-state index in [1.54, 1.807) is 18.4 Å². The Balaban J connectivity index is 1.64. The van der Waals surface area contributed by atoms with Gasteiger partial charge < -0.3 is 14.2 Å². The van der Waals surface area contributed by atoms with E-state index in [0.29, 0.717) is 31.0 Å². The highest BCUT2D eigenvalue weighted by molar-refractivity contribution is 7.89. The average molecular weight is 480 g/mol. The fraction of sp³-hybridized carbons (Fsp3) is 0.522. The lowest BCUT2D eigenvalue weighted by Crippen LogP contribution is -2.46. The molecule has 9 heteroatoms. The summed E-state index contributed by atoms with van der Waals surface area (Å²) in [6, 6.07) is 8.29. The molecule has 2 fully saturated rings. The molecule has 1 aromatic heterocycles. The van der Waals surface area contributed by atoms with Crippen LogP contribution in [0.15, 0.2) is 45.9 Å². The van der Waals surface area contributed by atoms with E-state index in [1.807, 2.05) is 11.0 Å². The van der Waals surface area contributed by atoms with Crippen LogP contribution in [0, 0.1) is 0 Å². The van der Waals surface area contributed by atoms with Crippen molar-refractivity contribution in [1.29, 1.82) is 0 Å². The predicted octanol–water partition coefficient (Wildman–Crippen LogP) is 3.84. The summed E-state index contributed by atoms with van der Waals surface area (Å²) in [6.07, 6.45) is 6.00. The second kappa shape index (κ2) is 9.95. The largest absolute Gasteiger partial charge is 0.467 e. The first-order chi connectivity index (χ1) is 15.4. The molecule has 0 aliphatic carbocycles. The second-order valence-electron chi connectivity index (χ2n) is 8.66. The van der Waals surface area contributed by atoms with Crippen molar-refractivity contribution >= 4 is 27.5 Å². The Hall–Kier alpha value is -1.87. The third-order valence-corrected chi connectivity index (χ3v) is 8.79. The van der Waals surface area contributed by atoms with E-state index in [2.05, 4.69) is 11.9 Å². The molecule has 32 heavy (non-hydrogen) atoms. The van der Waals surface area contributed by atoms with E-state index in [4.69, 9.17) is 16.0 Å². The lowest BCUT2D eigenvalue weighted by Gasteiger charge is -2.37. The summed E-state index contributed by atoms with van der Waals surface area (Å²) in [7, 11) is -1.68. The molecule has 1 amide bonds. The smallest absolute Gasteiger partial charge is 0.254 e. The van der Waals surface area contributed by atoms with Crippen LogP contribution in [-0.4, -0.2) is 67.7 Å². The number of furan rings is 1. The summed E-state index contributed by atoms with van der Waals surface area (Å²) in [5, 5.41) is 0.143. The van der Waals surface area contributed by atoms with Gasteiger partial charge in [0.1, 0.15) is 10.7 Å². The number of rotatable bonds is 6. The molecule has 0 spiro atoms. The molecule has 2 aliphatic rings. The fourth-order valence-electron chi connectivity index (χ4n) is 4.49. The zero-order valence-electron chi connectivity index (χ0n) is 18.4. The van der Waals surface area contributed by atoms with Gasteiger partial charge in [-0.1, -0.05) is 18.0 Å². The van der Waals surface area contributed by atoms with E-state index >= 15 is 0 Å². The number of hydrogen-bond donors (Lipinski definition) is 0. The molecule has 0 unspecified atom stereocenters. The summed E-state index contributed by atoms with van der Waals surface area (Å²) in [4.78, 5) is 17.7. The van der Waals surface area contributed by atoms with Gasteiger partial charge in [0.2, 0.25) is 10.0 Å². The zero-order chi connectivity index (χ0) is 22.7. The zero-order valence-corrected chi connectivity index (χ0v) is 19.9. The van der Waals surface area contributed by atoms with Crippen molar-refractivity contribution in [2.45, 2.75) is 49.6 Å². The van der Waals surface area contributed by atoms with Crippen molar-refractivity contribution in [3.8, 4) is 0 Å². The van der Waals surface area contributed by atoms with Crippen molar-refractivity contribution in [1.82, 2.24) is 14.1 Å². The number of sulfonamides is 1. The third kappa shape index (κ3) is 5.03. The van der Waals surface area contributed by atoms with Gasteiger partial charge in [-0.15, -0.1) is 0 Å². The molecule has 1 aromatic carbocycles. The molecular formula is C23H30ClN3O4S. The van der Waals surface area contributed by atoms with Crippen LogP contribution < -0.4 is 0 Å². The van der Waals surface area contributed by atoms with Crippen LogP contribution in [0.3, 0.4) is 0 Å². The molecule has 0 radical (unpaired) electrons. The van der Waals surface area contributed by atoms with Crippen molar-refractivity contribution < 1.29 is 17.6 Å². The van der Waals surface area contributed by atoms with Gasteiger partial charge in [-0.05, 0) is 76.2 Å². The molecular weight excluding hydrogens is 450 g/mol. The summed E-state index contributed by atoms with van der Waals surface area (Å²) < 4.78 is 33.5. The van der Waals surface area contributed by atoms with Crippen LogP contribution in [0.5, 0.6) is 0 Å². The average Bonchev–Trinajstić information content (AvgIpc) is 3.32. The van der Waals surface area contributed by atoms with Crippen LogP contribution in [0.4, 0.5) is 0 Å². The number of amides is 1. The minimum absolute atomic E-state index is 0.00763. The number of nitrogens with zero attached hydrogens (tertiary/aromatic N) is 3. The van der Waals surface area contributed by atoms with E-state index in [0.717, 1.165) is 45.2 Å². The van der Waals surface area contributed by atoms with Gasteiger partial charge in [-0.2, -0.15) is 4.31 Å². The highest BCUT2D eigenvalue weighted by Crippen LogP contribution is 2.29. The van der Waals surface area contributed by atoms with Crippen LogP contribution in [-0.2, 0) is 16.6 Å². The molecule has 4 rings (SSSR count). The molecule has 2 aromatic rings. The Morgan fingerprint density at radius 2 is 1.84 bits per heavy atom. The summed E-state index contributed by atoms with van der Waals surface area (Å²) in [6.45, 7) is 3.12. The topological polar surface area (TPSA) is 74.1 Å². The van der Waals surface area contributed by atoms with Crippen LogP contribution in [0.25, 0.3) is 0 Å². The Labute approximate surface area is 195 Å². The Kier molecular flexibility index (Phi) is 7.24. The fourth-order valence-corrected chi connectivity index (χ4v) is 6.51. The molecule has 0 N–H and O–H groups in total. The first-order valence-corrected chi connectivity index (χ1v) is 13.0. The number of halogens is 1. The summed E-state index contributed by atoms with van der Waals surface area (Å²) in [5.74, 6) is 0.495. The number of piperidine rings is 2. The number of carbonyl (C=O) groups is 1. The van der Waals surface area contributed by atoms with E-state index < -0.39 is 10.0 Å². The minimum Gasteiger partial charge on any atom is -0.467 e. The maximum Gasteiger partial charge on any atom is 0.254 e. The van der Waals surface area contributed by atoms with E-state index in [9.17, 15) is 13.2 Å². The monoisotopic (exact) mass is 479 g/mol. The third-order valence-electron chi connectivity index (χ3n) is 6.41. The predicted molar refractivity (Wildman–Crippen MR) is 123 cm³/mol. The van der Waals surface area contributed by atoms with E-state index in [-0.39, 0.29) is 21.9 Å². The van der Waals surface area contributed by atoms with Gasteiger partial charge >= 0.3 is 0 Å². The highest BCUT2D eigenvalue weighted by Gasteiger charge is 2.32.